The summed E-state index contributed by atoms with van der Waals surface area (Å²) in [6, 6.07) is 19.2. The van der Waals surface area contributed by atoms with Crippen LogP contribution in [-0.4, -0.2) is 11.1 Å². The predicted molar refractivity (Wildman–Crippen MR) is 113 cm³/mol. The highest BCUT2D eigenvalue weighted by Crippen LogP contribution is 2.39. The lowest BCUT2D eigenvalue weighted by Gasteiger charge is -2.31. The molecule has 0 aliphatic carbocycles. The van der Waals surface area contributed by atoms with Crippen LogP contribution in [0.4, 0.5) is 0 Å². The van der Waals surface area contributed by atoms with Gasteiger partial charge in [0.2, 0.25) is 0 Å². The molecule has 1 fully saturated rings. The fourth-order valence-corrected chi connectivity index (χ4v) is 4.40. The summed E-state index contributed by atoms with van der Waals surface area (Å²) in [6.07, 6.45) is 4.74. The minimum Gasteiger partial charge on any atom is -0.345 e. The number of piperidine rings is 1. The van der Waals surface area contributed by atoms with Gasteiger partial charge in [0.25, 0.3) is 0 Å². The Labute approximate surface area is 167 Å². The fraction of sp³-hybridized carbons (Fsp3) is 0.333. The summed E-state index contributed by atoms with van der Waals surface area (Å²) in [4.78, 5) is 0. The highest BCUT2D eigenvalue weighted by atomic mass is 35.5. The zero-order valence-corrected chi connectivity index (χ0v) is 16.8. The number of aryl methyl sites for hydroxylation is 1. The SMILES string of the molecule is Cc1cn(Cc2ccccc2)c(C2[N]CCCC2C)c1-c1ccc(Cl)cc1. The second kappa shape index (κ2) is 7.92. The Morgan fingerprint density at radius 3 is 2.52 bits per heavy atom. The molecule has 1 saturated heterocycles. The lowest BCUT2D eigenvalue weighted by molar-refractivity contribution is 0.289. The zero-order valence-electron chi connectivity index (χ0n) is 16.0. The third-order valence-electron chi connectivity index (χ3n) is 5.60. The van der Waals surface area contributed by atoms with E-state index in [1.807, 2.05) is 12.1 Å². The van der Waals surface area contributed by atoms with Crippen molar-refractivity contribution in [2.75, 3.05) is 6.54 Å². The van der Waals surface area contributed by atoms with Crippen LogP contribution in [0, 0.1) is 12.8 Å². The Morgan fingerprint density at radius 1 is 1.07 bits per heavy atom. The van der Waals surface area contributed by atoms with Crippen molar-refractivity contribution in [2.45, 2.75) is 39.3 Å². The predicted octanol–water partition coefficient (Wildman–Crippen LogP) is 6.24. The Kier molecular flexibility index (Phi) is 5.38. The minimum atomic E-state index is 0.252. The van der Waals surface area contributed by atoms with E-state index in [1.165, 1.54) is 40.8 Å². The second-order valence-corrected chi connectivity index (χ2v) is 8.10. The van der Waals surface area contributed by atoms with Crippen LogP contribution in [-0.2, 0) is 6.54 Å². The van der Waals surface area contributed by atoms with Crippen molar-refractivity contribution in [1.29, 1.82) is 0 Å². The first-order valence-electron chi connectivity index (χ1n) is 9.79. The average Bonchev–Trinajstić information content (AvgIpc) is 2.99. The summed E-state index contributed by atoms with van der Waals surface area (Å²) in [6.45, 7) is 6.39. The van der Waals surface area contributed by atoms with Gasteiger partial charge >= 0.3 is 0 Å². The first kappa shape index (κ1) is 18.3. The van der Waals surface area contributed by atoms with E-state index in [9.17, 15) is 0 Å². The first-order valence-corrected chi connectivity index (χ1v) is 10.2. The van der Waals surface area contributed by atoms with Crippen LogP contribution >= 0.6 is 11.6 Å². The van der Waals surface area contributed by atoms with Crippen molar-refractivity contribution in [3.05, 3.63) is 82.6 Å². The molecule has 1 aliphatic heterocycles. The van der Waals surface area contributed by atoms with E-state index in [1.54, 1.807) is 0 Å². The maximum Gasteiger partial charge on any atom is 0.0679 e. The van der Waals surface area contributed by atoms with Gasteiger partial charge in [-0.05, 0) is 54.5 Å². The molecular formula is C24H26ClN2. The van der Waals surface area contributed by atoms with Crippen molar-refractivity contribution >= 4 is 11.6 Å². The molecule has 1 aromatic heterocycles. The monoisotopic (exact) mass is 377 g/mol. The summed E-state index contributed by atoms with van der Waals surface area (Å²) in [7, 11) is 0. The van der Waals surface area contributed by atoms with Crippen molar-refractivity contribution in [3.8, 4) is 11.1 Å². The third-order valence-corrected chi connectivity index (χ3v) is 5.85. The van der Waals surface area contributed by atoms with Crippen LogP contribution in [0.15, 0.2) is 60.8 Å². The maximum absolute atomic E-state index is 6.14. The van der Waals surface area contributed by atoms with Gasteiger partial charge < -0.3 is 4.57 Å². The van der Waals surface area contributed by atoms with Crippen LogP contribution in [0.5, 0.6) is 0 Å². The molecule has 0 amide bonds. The molecule has 27 heavy (non-hydrogen) atoms. The van der Waals surface area contributed by atoms with E-state index in [0.717, 1.165) is 18.1 Å². The maximum atomic E-state index is 6.14. The zero-order chi connectivity index (χ0) is 18.8. The Hall–Kier alpha value is -2.03. The fourth-order valence-electron chi connectivity index (χ4n) is 4.27. The topological polar surface area (TPSA) is 19.0 Å². The minimum absolute atomic E-state index is 0.252. The van der Waals surface area contributed by atoms with Gasteiger partial charge in [0, 0.05) is 35.6 Å². The number of aromatic nitrogens is 1. The molecule has 3 heteroatoms. The summed E-state index contributed by atoms with van der Waals surface area (Å²) >= 11 is 6.14. The summed E-state index contributed by atoms with van der Waals surface area (Å²) in [5, 5.41) is 5.83. The third kappa shape index (κ3) is 3.83. The Bertz CT molecular complexity index is 896. The van der Waals surface area contributed by atoms with E-state index < -0.39 is 0 Å². The van der Waals surface area contributed by atoms with Crippen molar-refractivity contribution in [1.82, 2.24) is 9.88 Å². The Balaban J connectivity index is 1.83. The van der Waals surface area contributed by atoms with Gasteiger partial charge in [0.15, 0.2) is 0 Å². The molecule has 0 N–H and O–H groups in total. The molecule has 0 saturated carbocycles. The van der Waals surface area contributed by atoms with Crippen molar-refractivity contribution in [3.63, 3.8) is 0 Å². The standard InChI is InChI=1S/C24H26ClN2/c1-17-7-6-14-26-23(17)24-22(20-10-12-21(25)13-11-20)18(2)15-27(24)16-19-8-4-3-5-9-19/h3-5,8-13,15,17,23H,6-7,14,16H2,1-2H3. The van der Waals surface area contributed by atoms with Crippen LogP contribution in [0.1, 0.15) is 42.6 Å². The molecule has 4 rings (SSSR count). The normalized spacial score (nSPS) is 20.0. The quantitative estimate of drug-likeness (QED) is 0.512. The number of halogens is 1. The summed E-state index contributed by atoms with van der Waals surface area (Å²) < 4.78 is 2.42. The van der Waals surface area contributed by atoms with Gasteiger partial charge in [-0.2, -0.15) is 0 Å². The number of rotatable bonds is 4. The van der Waals surface area contributed by atoms with Crippen LogP contribution in [0.3, 0.4) is 0 Å². The first-order chi connectivity index (χ1) is 13.1. The number of nitrogens with zero attached hydrogens (tertiary/aromatic N) is 2. The van der Waals surface area contributed by atoms with Crippen LogP contribution in [0.2, 0.25) is 5.02 Å². The number of hydrogen-bond acceptors (Lipinski definition) is 0. The molecule has 2 unspecified atom stereocenters. The van der Waals surface area contributed by atoms with E-state index >= 15 is 0 Å². The highest BCUT2D eigenvalue weighted by Gasteiger charge is 2.30. The summed E-state index contributed by atoms with van der Waals surface area (Å²) in [5.74, 6) is 0.564. The molecule has 2 aromatic carbocycles. The second-order valence-electron chi connectivity index (χ2n) is 7.66. The molecule has 2 atom stereocenters. The average molecular weight is 378 g/mol. The molecule has 139 valence electrons. The molecule has 2 nitrogen and oxygen atoms in total. The smallest absolute Gasteiger partial charge is 0.0679 e. The Morgan fingerprint density at radius 2 is 1.81 bits per heavy atom. The summed E-state index contributed by atoms with van der Waals surface area (Å²) in [5.41, 5.74) is 6.53. The molecule has 1 aliphatic rings. The lowest BCUT2D eigenvalue weighted by atomic mass is 9.87. The molecule has 1 radical (unpaired) electrons. The van der Waals surface area contributed by atoms with Crippen LogP contribution < -0.4 is 5.32 Å². The van der Waals surface area contributed by atoms with Crippen molar-refractivity contribution in [2.24, 2.45) is 5.92 Å². The van der Waals surface area contributed by atoms with Crippen LogP contribution in [0.25, 0.3) is 11.1 Å². The molecule has 0 bridgehead atoms. The molecule has 2 heterocycles. The van der Waals surface area contributed by atoms with Gasteiger partial charge in [-0.1, -0.05) is 61.0 Å². The van der Waals surface area contributed by atoms with E-state index in [-0.39, 0.29) is 6.04 Å². The molecule has 0 spiro atoms. The van der Waals surface area contributed by atoms with Crippen molar-refractivity contribution < 1.29 is 0 Å². The molecule has 3 aromatic rings. The lowest BCUT2D eigenvalue weighted by Crippen LogP contribution is -2.29. The van der Waals surface area contributed by atoms with E-state index in [4.69, 9.17) is 16.9 Å². The van der Waals surface area contributed by atoms with Gasteiger partial charge in [-0.25, -0.2) is 5.32 Å². The number of hydrogen-bond donors (Lipinski definition) is 0. The van der Waals surface area contributed by atoms with Gasteiger partial charge in [-0.3, -0.25) is 0 Å². The highest BCUT2D eigenvalue weighted by molar-refractivity contribution is 6.30. The van der Waals surface area contributed by atoms with Gasteiger partial charge in [0.1, 0.15) is 0 Å². The molecular weight excluding hydrogens is 352 g/mol. The largest absolute Gasteiger partial charge is 0.345 e. The van der Waals surface area contributed by atoms with E-state index in [0.29, 0.717) is 5.92 Å². The van der Waals surface area contributed by atoms with Gasteiger partial charge in [-0.15, -0.1) is 0 Å². The van der Waals surface area contributed by atoms with Gasteiger partial charge in [0.05, 0.1) is 6.04 Å². The van der Waals surface area contributed by atoms with E-state index in [2.05, 4.69) is 67.1 Å². The number of benzene rings is 2.